The zero-order valence-electron chi connectivity index (χ0n) is 18.3. The molecular weight excluding hydrogens is 380 g/mol. The Morgan fingerprint density at radius 2 is 1.77 bits per heavy atom. The number of rotatable bonds is 6. The van der Waals surface area contributed by atoms with Gasteiger partial charge in [-0.1, -0.05) is 24.3 Å². The van der Waals surface area contributed by atoms with Crippen molar-refractivity contribution >= 4 is 5.91 Å². The summed E-state index contributed by atoms with van der Waals surface area (Å²) in [4.78, 5) is 16.2. The van der Waals surface area contributed by atoms with Gasteiger partial charge in [0.1, 0.15) is 13.1 Å². The molecule has 1 aromatic heterocycles. The molecule has 1 unspecified atom stereocenters. The molecule has 2 aliphatic rings. The third kappa shape index (κ3) is 4.61. The third-order valence-electron chi connectivity index (χ3n) is 6.40. The Kier molecular flexibility index (Phi) is 6.27. The molecule has 0 aliphatic carbocycles. The number of likely N-dealkylation sites (tertiary alicyclic amines) is 1. The second-order valence-corrected chi connectivity index (χ2v) is 8.76. The molecule has 6 nitrogen and oxygen atoms in total. The van der Waals surface area contributed by atoms with Crippen molar-refractivity contribution in [2.45, 2.75) is 58.5 Å². The predicted molar refractivity (Wildman–Crippen MR) is 113 cm³/mol. The topological polar surface area (TPSA) is 56.4 Å². The van der Waals surface area contributed by atoms with Crippen molar-refractivity contribution in [2.75, 3.05) is 26.3 Å². The van der Waals surface area contributed by atoms with E-state index in [9.17, 15) is 4.79 Å². The average molecular weight is 414 g/mol. The van der Waals surface area contributed by atoms with Gasteiger partial charge in [-0.2, -0.15) is 0 Å². The van der Waals surface area contributed by atoms with Gasteiger partial charge in [0.25, 0.3) is 5.91 Å². The maximum absolute atomic E-state index is 12.9. The van der Waals surface area contributed by atoms with E-state index in [2.05, 4.69) is 45.0 Å². The lowest BCUT2D eigenvalue weighted by Crippen LogP contribution is -3.12. The van der Waals surface area contributed by atoms with Gasteiger partial charge in [0.05, 0.1) is 19.3 Å². The van der Waals surface area contributed by atoms with Crippen molar-refractivity contribution in [3.05, 3.63) is 59.0 Å². The summed E-state index contributed by atoms with van der Waals surface area (Å²) in [7, 11) is 0. The van der Waals surface area contributed by atoms with Gasteiger partial charge in [0, 0.05) is 31.5 Å². The molecule has 0 saturated carbocycles. The van der Waals surface area contributed by atoms with Crippen molar-refractivity contribution in [3.8, 4) is 0 Å². The number of quaternary nitrogens is 1. The summed E-state index contributed by atoms with van der Waals surface area (Å²) >= 11 is 0. The van der Waals surface area contributed by atoms with Crippen LogP contribution in [0.5, 0.6) is 0 Å². The number of carbonyl (C=O) groups excluding carboxylic acids is 1. The Hall–Kier alpha value is -2.15. The van der Waals surface area contributed by atoms with Crippen LogP contribution in [0.1, 0.15) is 54.1 Å². The largest absolute Gasteiger partial charge is 0.450 e. The van der Waals surface area contributed by atoms with E-state index in [1.54, 1.807) is 0 Å². The molecule has 3 heterocycles. The lowest BCUT2D eigenvalue weighted by Gasteiger charge is -2.37. The number of hydrogen-bond acceptors (Lipinski definition) is 4. The highest BCUT2D eigenvalue weighted by atomic mass is 16.7. The quantitative estimate of drug-likeness (QED) is 0.791. The minimum absolute atomic E-state index is 0.0425. The normalized spacial score (nSPS) is 19.5. The molecule has 1 spiro atoms. The fourth-order valence-corrected chi connectivity index (χ4v) is 4.33. The first-order valence-electron chi connectivity index (χ1n) is 11.0. The molecule has 30 heavy (non-hydrogen) atoms. The van der Waals surface area contributed by atoms with Crippen LogP contribution in [-0.4, -0.2) is 48.9 Å². The first-order chi connectivity index (χ1) is 14.5. The lowest BCUT2D eigenvalue weighted by atomic mass is 10.0. The lowest BCUT2D eigenvalue weighted by molar-refractivity contribution is -0.949. The molecule has 2 aromatic rings. The number of hydrogen-bond donors (Lipinski definition) is 1. The number of amides is 1. The third-order valence-corrected chi connectivity index (χ3v) is 6.40. The van der Waals surface area contributed by atoms with Crippen LogP contribution in [0.2, 0.25) is 0 Å². The number of nitrogens with one attached hydrogen (secondary N) is 1. The van der Waals surface area contributed by atoms with E-state index in [0.29, 0.717) is 50.9 Å². The second kappa shape index (κ2) is 8.92. The number of piperidine rings is 1. The van der Waals surface area contributed by atoms with E-state index < -0.39 is 5.79 Å². The average Bonchev–Trinajstić information content (AvgIpc) is 3.39. The van der Waals surface area contributed by atoms with Gasteiger partial charge in [0.2, 0.25) is 0 Å². The number of nitrogens with zero attached hydrogens (tertiary/aromatic N) is 1. The molecule has 2 fully saturated rings. The maximum Gasteiger partial charge on any atom is 0.289 e. The van der Waals surface area contributed by atoms with E-state index in [1.807, 2.05) is 17.0 Å². The molecule has 2 aliphatic heterocycles. The molecule has 0 radical (unpaired) electrons. The Bertz CT molecular complexity index is 860. The SMILES string of the molecule is Cc1ccccc1C[NH+](Cc1ccc(C(=O)N2CCC3(CC2)OCCO3)o1)C(C)C. The molecule has 4 rings (SSSR count). The Labute approximate surface area is 178 Å². The highest BCUT2D eigenvalue weighted by Gasteiger charge is 2.41. The molecule has 1 atom stereocenters. The smallest absolute Gasteiger partial charge is 0.289 e. The summed E-state index contributed by atoms with van der Waals surface area (Å²) in [5.74, 6) is 0.765. The summed E-state index contributed by atoms with van der Waals surface area (Å²) in [6, 6.07) is 12.7. The monoisotopic (exact) mass is 413 g/mol. The Balaban J connectivity index is 1.38. The molecular formula is C24H33N2O4+. The van der Waals surface area contributed by atoms with E-state index in [-0.39, 0.29) is 5.91 Å². The summed E-state index contributed by atoms with van der Waals surface area (Å²) in [6.07, 6.45) is 1.43. The fourth-order valence-electron chi connectivity index (χ4n) is 4.33. The molecule has 1 aromatic carbocycles. The van der Waals surface area contributed by atoms with Crippen molar-refractivity contribution in [2.24, 2.45) is 0 Å². The van der Waals surface area contributed by atoms with Crippen LogP contribution in [0, 0.1) is 6.92 Å². The van der Waals surface area contributed by atoms with Gasteiger partial charge in [0.15, 0.2) is 17.3 Å². The number of ether oxygens (including phenoxy) is 2. The van der Waals surface area contributed by atoms with Crippen molar-refractivity contribution in [3.63, 3.8) is 0 Å². The summed E-state index contributed by atoms with van der Waals surface area (Å²) in [5, 5.41) is 0. The number of aryl methyl sites for hydroxylation is 1. The summed E-state index contributed by atoms with van der Waals surface area (Å²) in [6.45, 7) is 10.8. The Morgan fingerprint density at radius 1 is 1.07 bits per heavy atom. The standard InChI is InChI=1S/C24H32N2O4/c1-18(2)26(16-20-7-5-4-6-19(20)3)17-21-8-9-22(30-21)23(27)25-12-10-24(11-13-25)28-14-15-29-24/h4-9,18H,10-17H2,1-3H3/p+1. The second-order valence-electron chi connectivity index (χ2n) is 8.76. The van der Waals surface area contributed by atoms with Crippen LogP contribution in [0.3, 0.4) is 0 Å². The highest BCUT2D eigenvalue weighted by Crippen LogP contribution is 2.31. The van der Waals surface area contributed by atoms with Crippen LogP contribution in [-0.2, 0) is 22.6 Å². The minimum Gasteiger partial charge on any atom is -0.450 e. The van der Waals surface area contributed by atoms with Crippen LogP contribution in [0.4, 0.5) is 0 Å². The summed E-state index contributed by atoms with van der Waals surface area (Å²) < 4.78 is 17.5. The fraction of sp³-hybridized carbons (Fsp3) is 0.542. The molecule has 2 saturated heterocycles. The highest BCUT2D eigenvalue weighted by molar-refractivity contribution is 5.91. The van der Waals surface area contributed by atoms with Crippen LogP contribution in [0.25, 0.3) is 0 Å². The van der Waals surface area contributed by atoms with Gasteiger partial charge in [-0.3, -0.25) is 4.79 Å². The van der Waals surface area contributed by atoms with Gasteiger partial charge in [-0.05, 0) is 38.5 Å². The number of benzene rings is 1. The van der Waals surface area contributed by atoms with Crippen LogP contribution in [0.15, 0.2) is 40.8 Å². The van der Waals surface area contributed by atoms with E-state index in [1.165, 1.54) is 16.0 Å². The van der Waals surface area contributed by atoms with Gasteiger partial charge in [-0.25, -0.2) is 0 Å². The zero-order valence-corrected chi connectivity index (χ0v) is 18.3. The summed E-state index contributed by atoms with van der Waals surface area (Å²) in [5.41, 5.74) is 2.66. The van der Waals surface area contributed by atoms with Crippen molar-refractivity contribution < 1.29 is 23.6 Å². The van der Waals surface area contributed by atoms with Gasteiger partial charge >= 0.3 is 0 Å². The minimum atomic E-state index is -0.470. The molecule has 1 amide bonds. The van der Waals surface area contributed by atoms with Crippen molar-refractivity contribution in [1.82, 2.24) is 4.90 Å². The van der Waals surface area contributed by atoms with E-state index in [4.69, 9.17) is 13.9 Å². The number of furan rings is 1. The maximum atomic E-state index is 12.9. The van der Waals surface area contributed by atoms with Gasteiger partial charge in [-0.15, -0.1) is 0 Å². The zero-order chi connectivity index (χ0) is 21.1. The van der Waals surface area contributed by atoms with E-state index in [0.717, 1.165) is 18.8 Å². The first kappa shape index (κ1) is 21.1. The molecule has 6 heteroatoms. The number of carbonyl (C=O) groups is 1. The van der Waals surface area contributed by atoms with Crippen LogP contribution < -0.4 is 4.90 Å². The first-order valence-corrected chi connectivity index (χ1v) is 11.0. The predicted octanol–water partition coefficient (Wildman–Crippen LogP) is 2.56. The Morgan fingerprint density at radius 3 is 2.43 bits per heavy atom. The van der Waals surface area contributed by atoms with Gasteiger partial charge < -0.3 is 23.7 Å². The molecule has 162 valence electrons. The van der Waals surface area contributed by atoms with E-state index >= 15 is 0 Å². The molecule has 1 N–H and O–H groups in total. The van der Waals surface area contributed by atoms with Crippen LogP contribution >= 0.6 is 0 Å². The molecule has 0 bridgehead atoms. The van der Waals surface area contributed by atoms with Crippen molar-refractivity contribution in [1.29, 1.82) is 0 Å².